The molecule has 0 bridgehead atoms. The van der Waals surface area contributed by atoms with Crippen molar-refractivity contribution in [3.8, 4) is 0 Å². The number of benzene rings is 2. The first-order valence-electron chi connectivity index (χ1n) is 6.02. The summed E-state index contributed by atoms with van der Waals surface area (Å²) in [6.45, 7) is -0.717. The van der Waals surface area contributed by atoms with Gasteiger partial charge in [0.2, 0.25) is 0 Å². The van der Waals surface area contributed by atoms with Gasteiger partial charge in [0.1, 0.15) is 0 Å². The van der Waals surface area contributed by atoms with Crippen LogP contribution in [0.2, 0.25) is 0 Å². The average molecular weight is 281 g/mol. The molecule has 0 saturated heterocycles. The summed E-state index contributed by atoms with van der Waals surface area (Å²) in [7, 11) is 0. The second-order valence-corrected chi connectivity index (χ2v) is 4.43. The van der Waals surface area contributed by atoms with Gasteiger partial charge >= 0.3 is 6.36 Å². The van der Waals surface area contributed by atoms with E-state index in [2.05, 4.69) is 4.74 Å². The van der Waals surface area contributed by atoms with Crippen molar-refractivity contribution in [3.05, 3.63) is 42.0 Å². The first-order valence-corrected chi connectivity index (χ1v) is 6.02. The Labute approximate surface area is 112 Å². The van der Waals surface area contributed by atoms with E-state index in [0.29, 0.717) is 11.3 Å². The van der Waals surface area contributed by atoms with Crippen molar-refractivity contribution in [2.75, 3.05) is 18.1 Å². The molecule has 0 radical (unpaired) electrons. The van der Waals surface area contributed by atoms with E-state index >= 15 is 0 Å². The SMILES string of the molecule is O=C1c2cccc3cccc(c23)N1CCOC(F)(F)F. The zero-order valence-corrected chi connectivity index (χ0v) is 10.3. The van der Waals surface area contributed by atoms with Gasteiger partial charge in [-0.05, 0) is 17.5 Å². The summed E-state index contributed by atoms with van der Waals surface area (Å²) >= 11 is 0. The minimum atomic E-state index is -4.68. The van der Waals surface area contributed by atoms with Crippen molar-refractivity contribution >= 4 is 22.4 Å². The molecule has 20 heavy (non-hydrogen) atoms. The minimum absolute atomic E-state index is 0.133. The summed E-state index contributed by atoms with van der Waals surface area (Å²) in [5.41, 5.74) is 1.15. The van der Waals surface area contributed by atoms with E-state index in [1.54, 1.807) is 24.3 Å². The lowest BCUT2D eigenvalue weighted by Crippen LogP contribution is -2.32. The van der Waals surface area contributed by atoms with Gasteiger partial charge in [0, 0.05) is 10.9 Å². The van der Waals surface area contributed by atoms with Gasteiger partial charge in [-0.1, -0.05) is 24.3 Å². The van der Waals surface area contributed by atoms with E-state index in [0.717, 1.165) is 10.8 Å². The largest absolute Gasteiger partial charge is 0.522 e. The molecular formula is C14H10F3NO2. The van der Waals surface area contributed by atoms with Crippen LogP contribution in [0, 0.1) is 0 Å². The van der Waals surface area contributed by atoms with Crippen LogP contribution < -0.4 is 4.90 Å². The van der Waals surface area contributed by atoms with Gasteiger partial charge in [-0.3, -0.25) is 9.53 Å². The number of rotatable bonds is 3. The second kappa shape index (κ2) is 4.49. The smallest absolute Gasteiger partial charge is 0.305 e. The number of hydrogen-bond donors (Lipinski definition) is 0. The maximum atomic E-state index is 12.2. The summed E-state index contributed by atoms with van der Waals surface area (Å²) in [6.07, 6.45) is -4.68. The topological polar surface area (TPSA) is 29.5 Å². The third-order valence-corrected chi connectivity index (χ3v) is 3.23. The fourth-order valence-electron chi connectivity index (χ4n) is 2.45. The molecule has 0 saturated carbocycles. The Bertz CT molecular complexity index is 676. The van der Waals surface area contributed by atoms with E-state index in [1.807, 2.05) is 12.1 Å². The van der Waals surface area contributed by atoms with E-state index in [4.69, 9.17) is 0 Å². The molecule has 0 fully saturated rings. The van der Waals surface area contributed by atoms with Gasteiger partial charge in [0.05, 0.1) is 18.8 Å². The maximum absolute atomic E-state index is 12.2. The van der Waals surface area contributed by atoms with E-state index in [-0.39, 0.29) is 12.5 Å². The fourth-order valence-corrected chi connectivity index (χ4v) is 2.45. The van der Waals surface area contributed by atoms with Crippen LogP contribution in [0.3, 0.4) is 0 Å². The van der Waals surface area contributed by atoms with Crippen molar-refractivity contribution < 1.29 is 22.7 Å². The first kappa shape index (κ1) is 12.9. The second-order valence-electron chi connectivity index (χ2n) is 4.43. The summed E-state index contributed by atoms with van der Waals surface area (Å²) in [5, 5.41) is 1.68. The molecule has 2 aromatic rings. The van der Waals surface area contributed by atoms with Gasteiger partial charge in [0.25, 0.3) is 5.91 Å². The first-order chi connectivity index (χ1) is 9.47. The Hall–Kier alpha value is -2.08. The van der Waals surface area contributed by atoms with Crippen LogP contribution in [0.1, 0.15) is 10.4 Å². The highest BCUT2D eigenvalue weighted by atomic mass is 19.4. The molecule has 2 aromatic carbocycles. The average Bonchev–Trinajstić information content (AvgIpc) is 2.66. The van der Waals surface area contributed by atoms with Gasteiger partial charge < -0.3 is 4.90 Å². The maximum Gasteiger partial charge on any atom is 0.522 e. The van der Waals surface area contributed by atoms with Crippen molar-refractivity contribution in [1.29, 1.82) is 0 Å². The molecule has 0 atom stereocenters. The lowest BCUT2D eigenvalue weighted by atomic mass is 10.1. The number of halogens is 3. The number of hydrogen-bond acceptors (Lipinski definition) is 2. The van der Waals surface area contributed by atoms with Crippen LogP contribution in [0.15, 0.2) is 36.4 Å². The molecule has 104 valence electrons. The predicted molar refractivity (Wildman–Crippen MR) is 67.6 cm³/mol. The molecule has 1 heterocycles. The number of carbonyl (C=O) groups excluding carboxylic acids is 1. The molecule has 0 N–H and O–H groups in total. The highest BCUT2D eigenvalue weighted by Gasteiger charge is 2.32. The van der Waals surface area contributed by atoms with Crippen molar-refractivity contribution in [3.63, 3.8) is 0 Å². The monoisotopic (exact) mass is 281 g/mol. The molecule has 0 unspecified atom stereocenters. The van der Waals surface area contributed by atoms with Crippen LogP contribution in [-0.4, -0.2) is 25.4 Å². The third kappa shape index (κ3) is 2.12. The van der Waals surface area contributed by atoms with Crippen molar-refractivity contribution in [1.82, 2.24) is 0 Å². The van der Waals surface area contributed by atoms with Crippen LogP contribution in [0.25, 0.3) is 10.8 Å². The Morgan fingerprint density at radius 1 is 1.10 bits per heavy atom. The number of carbonyl (C=O) groups is 1. The van der Waals surface area contributed by atoms with Crippen molar-refractivity contribution in [2.45, 2.75) is 6.36 Å². The minimum Gasteiger partial charge on any atom is -0.305 e. The summed E-state index contributed by atoms with van der Waals surface area (Å²) in [4.78, 5) is 13.5. The molecule has 0 spiro atoms. The van der Waals surface area contributed by atoms with Gasteiger partial charge in [-0.15, -0.1) is 13.2 Å². The summed E-state index contributed by atoms with van der Waals surface area (Å²) in [5.74, 6) is -0.289. The van der Waals surface area contributed by atoms with Crippen molar-refractivity contribution in [2.24, 2.45) is 0 Å². The fraction of sp³-hybridized carbons (Fsp3) is 0.214. The van der Waals surface area contributed by atoms with Gasteiger partial charge in [0.15, 0.2) is 0 Å². The quantitative estimate of drug-likeness (QED) is 0.863. The van der Waals surface area contributed by atoms with Crippen LogP contribution in [0.5, 0.6) is 0 Å². The molecule has 3 rings (SSSR count). The van der Waals surface area contributed by atoms with Gasteiger partial charge in [-0.2, -0.15) is 0 Å². The van der Waals surface area contributed by atoms with Crippen LogP contribution >= 0.6 is 0 Å². The number of alkyl halides is 3. The lowest BCUT2D eigenvalue weighted by molar-refractivity contribution is -0.323. The number of nitrogens with zero attached hydrogens (tertiary/aromatic N) is 1. The number of amides is 1. The molecule has 1 aliphatic heterocycles. The predicted octanol–water partition coefficient (Wildman–Crippen LogP) is 3.34. The van der Waals surface area contributed by atoms with E-state index in [9.17, 15) is 18.0 Å². The Kier molecular flexibility index (Phi) is 2.90. The standard InChI is InChI=1S/C14H10F3NO2/c15-14(16,17)20-8-7-18-11-6-2-4-9-3-1-5-10(12(9)11)13(18)19/h1-6H,7-8H2. The molecule has 0 aromatic heterocycles. The molecule has 3 nitrogen and oxygen atoms in total. The number of anilines is 1. The zero-order valence-electron chi connectivity index (χ0n) is 10.3. The van der Waals surface area contributed by atoms with Crippen LogP contribution in [0.4, 0.5) is 18.9 Å². The molecular weight excluding hydrogens is 271 g/mol. The zero-order chi connectivity index (χ0) is 14.3. The molecule has 6 heteroatoms. The highest BCUT2D eigenvalue weighted by molar-refractivity contribution is 6.24. The molecule has 0 aliphatic carbocycles. The van der Waals surface area contributed by atoms with Crippen LogP contribution in [-0.2, 0) is 4.74 Å². The Morgan fingerprint density at radius 2 is 1.80 bits per heavy atom. The van der Waals surface area contributed by atoms with Gasteiger partial charge in [-0.25, -0.2) is 0 Å². The Morgan fingerprint density at radius 3 is 2.50 bits per heavy atom. The Balaban J connectivity index is 1.89. The molecule has 1 aliphatic rings. The molecule has 1 amide bonds. The van der Waals surface area contributed by atoms with E-state index in [1.165, 1.54) is 4.90 Å². The lowest BCUT2D eigenvalue weighted by Gasteiger charge is -2.18. The highest BCUT2D eigenvalue weighted by Crippen LogP contribution is 2.36. The number of ether oxygens (including phenoxy) is 1. The normalized spacial score (nSPS) is 14.3. The summed E-state index contributed by atoms with van der Waals surface area (Å²) in [6, 6.07) is 10.7. The summed E-state index contributed by atoms with van der Waals surface area (Å²) < 4.78 is 39.7. The van der Waals surface area contributed by atoms with E-state index < -0.39 is 13.0 Å². The third-order valence-electron chi connectivity index (χ3n) is 3.23.